The predicted molar refractivity (Wildman–Crippen MR) is 109 cm³/mol. The summed E-state index contributed by atoms with van der Waals surface area (Å²) in [6, 6.07) is 12.8. The number of furan rings is 1. The molecule has 1 aliphatic rings. The van der Waals surface area contributed by atoms with E-state index in [2.05, 4.69) is 10.3 Å². The van der Waals surface area contributed by atoms with Crippen LogP contribution in [0.2, 0.25) is 0 Å². The molecule has 29 heavy (non-hydrogen) atoms. The Bertz CT molecular complexity index is 1230. The molecule has 0 fully saturated rings. The second-order valence-corrected chi connectivity index (χ2v) is 7.09. The number of anilines is 2. The molecule has 5 rings (SSSR count). The van der Waals surface area contributed by atoms with Crippen molar-refractivity contribution < 1.29 is 14.0 Å². The van der Waals surface area contributed by atoms with Crippen molar-refractivity contribution in [2.75, 3.05) is 16.8 Å². The first-order valence-electron chi connectivity index (χ1n) is 9.33. The van der Waals surface area contributed by atoms with Gasteiger partial charge in [0, 0.05) is 42.1 Å². The second-order valence-electron chi connectivity index (χ2n) is 7.09. The first-order chi connectivity index (χ1) is 14.1. The van der Waals surface area contributed by atoms with Gasteiger partial charge in [-0.25, -0.2) is 0 Å². The Hall–Kier alpha value is -3.87. The van der Waals surface area contributed by atoms with Gasteiger partial charge in [-0.1, -0.05) is 0 Å². The molecule has 0 saturated carbocycles. The van der Waals surface area contributed by atoms with Gasteiger partial charge in [0.05, 0.1) is 23.7 Å². The fourth-order valence-corrected chi connectivity index (χ4v) is 3.76. The normalized spacial score (nSPS) is 16.1. The molecule has 3 aromatic heterocycles. The van der Waals surface area contributed by atoms with E-state index in [-0.39, 0.29) is 17.9 Å². The zero-order valence-corrected chi connectivity index (χ0v) is 15.7. The van der Waals surface area contributed by atoms with Crippen molar-refractivity contribution in [1.82, 2.24) is 9.55 Å². The van der Waals surface area contributed by atoms with Crippen LogP contribution in [0.1, 0.15) is 33.8 Å². The molecule has 1 aromatic carbocycles. The van der Waals surface area contributed by atoms with Crippen LogP contribution in [0.3, 0.4) is 0 Å². The molecule has 1 N–H and O–H groups in total. The number of carbonyl (C=O) groups excluding carboxylic acids is 2. The van der Waals surface area contributed by atoms with Crippen LogP contribution in [0.15, 0.2) is 71.7 Å². The third kappa shape index (κ3) is 2.87. The summed E-state index contributed by atoms with van der Waals surface area (Å²) in [5, 5.41) is 3.78. The molecule has 0 spiro atoms. The molecule has 1 aliphatic heterocycles. The Kier molecular flexibility index (Phi) is 3.94. The molecule has 144 valence electrons. The largest absolute Gasteiger partial charge is 0.464 e. The van der Waals surface area contributed by atoms with E-state index in [1.165, 1.54) is 0 Å². The zero-order valence-electron chi connectivity index (χ0n) is 15.7. The molecule has 0 bridgehead atoms. The minimum atomic E-state index is -0.337. The Labute approximate surface area is 166 Å². The van der Waals surface area contributed by atoms with Gasteiger partial charge in [0.1, 0.15) is 11.3 Å². The molecule has 2 amide bonds. The van der Waals surface area contributed by atoms with Crippen molar-refractivity contribution in [3.8, 4) is 0 Å². The molecule has 1 atom stereocenters. The maximum Gasteiger partial charge on any atom is 0.275 e. The minimum Gasteiger partial charge on any atom is -0.464 e. The minimum absolute atomic E-state index is 0.0231. The molecule has 0 aliphatic carbocycles. The number of benzene rings is 1. The molecule has 0 saturated heterocycles. The predicted octanol–water partition coefficient (Wildman–Crippen LogP) is 4.10. The molecule has 7 heteroatoms. The van der Waals surface area contributed by atoms with Gasteiger partial charge in [0.25, 0.3) is 11.8 Å². The number of nitrogens with zero attached hydrogens (tertiary/aromatic N) is 3. The molecular formula is C22H18N4O3. The number of carbonyl (C=O) groups is 2. The van der Waals surface area contributed by atoms with Crippen LogP contribution in [0, 0.1) is 0 Å². The van der Waals surface area contributed by atoms with Crippen molar-refractivity contribution in [2.45, 2.75) is 13.0 Å². The fraction of sp³-hybridized carbons (Fsp3) is 0.136. The molecule has 4 aromatic rings. The van der Waals surface area contributed by atoms with Crippen LogP contribution in [-0.2, 0) is 0 Å². The standard InChI is InChI=1S/C22H18N4O3/c1-14-13-26(17-5-4-15-7-10-29-19(15)11-17)22(28)20-18(6-9-25(14)20)21(27)24-16-3-2-8-23-12-16/h2-12,14H,13H2,1H3,(H,24,27)/t14-/m0/s1. The van der Waals surface area contributed by atoms with Crippen molar-refractivity contribution in [1.29, 1.82) is 0 Å². The van der Waals surface area contributed by atoms with E-state index in [0.717, 1.165) is 16.7 Å². The lowest BCUT2D eigenvalue weighted by Gasteiger charge is -2.33. The quantitative estimate of drug-likeness (QED) is 0.575. The molecular weight excluding hydrogens is 368 g/mol. The Morgan fingerprint density at radius 1 is 1.24 bits per heavy atom. The maximum atomic E-state index is 13.4. The lowest BCUT2D eigenvalue weighted by Crippen LogP contribution is -2.43. The maximum absolute atomic E-state index is 13.4. The van der Waals surface area contributed by atoms with Crippen LogP contribution in [0.4, 0.5) is 11.4 Å². The first kappa shape index (κ1) is 17.2. The summed E-state index contributed by atoms with van der Waals surface area (Å²) >= 11 is 0. The summed E-state index contributed by atoms with van der Waals surface area (Å²) in [6.07, 6.45) is 6.62. The van der Waals surface area contributed by atoms with E-state index in [1.807, 2.05) is 35.8 Å². The second kappa shape index (κ2) is 6.63. The third-order valence-corrected chi connectivity index (χ3v) is 5.20. The van der Waals surface area contributed by atoms with Gasteiger partial charge in [-0.3, -0.25) is 14.6 Å². The zero-order chi connectivity index (χ0) is 20.0. The summed E-state index contributed by atoms with van der Waals surface area (Å²) in [5.41, 5.74) is 2.77. The Balaban J connectivity index is 1.51. The average Bonchev–Trinajstić information content (AvgIpc) is 3.38. The molecule has 4 heterocycles. The highest BCUT2D eigenvalue weighted by atomic mass is 16.3. The van der Waals surface area contributed by atoms with E-state index >= 15 is 0 Å². The van der Waals surface area contributed by atoms with E-state index in [4.69, 9.17) is 4.42 Å². The van der Waals surface area contributed by atoms with Crippen LogP contribution in [0.25, 0.3) is 11.0 Å². The molecule has 0 radical (unpaired) electrons. The number of nitrogens with one attached hydrogen (secondary N) is 1. The smallest absolute Gasteiger partial charge is 0.275 e. The van der Waals surface area contributed by atoms with E-state index < -0.39 is 0 Å². The summed E-state index contributed by atoms with van der Waals surface area (Å²) in [5.74, 6) is -0.550. The molecule has 7 nitrogen and oxygen atoms in total. The highest BCUT2D eigenvalue weighted by molar-refractivity contribution is 6.16. The lowest BCUT2D eigenvalue weighted by molar-refractivity contribution is 0.0942. The Morgan fingerprint density at radius 2 is 2.14 bits per heavy atom. The van der Waals surface area contributed by atoms with Crippen LogP contribution in [0.5, 0.6) is 0 Å². The number of pyridine rings is 1. The monoisotopic (exact) mass is 386 g/mol. The summed E-state index contributed by atoms with van der Waals surface area (Å²) in [4.78, 5) is 31.9. The van der Waals surface area contributed by atoms with E-state index in [9.17, 15) is 9.59 Å². The van der Waals surface area contributed by atoms with Gasteiger partial charge in [0.15, 0.2) is 0 Å². The van der Waals surface area contributed by atoms with Gasteiger partial charge < -0.3 is 19.2 Å². The number of amides is 2. The van der Waals surface area contributed by atoms with Gasteiger partial charge >= 0.3 is 0 Å². The number of hydrogen-bond acceptors (Lipinski definition) is 4. The van der Waals surface area contributed by atoms with E-state index in [0.29, 0.717) is 23.5 Å². The highest BCUT2D eigenvalue weighted by Crippen LogP contribution is 2.31. The van der Waals surface area contributed by atoms with Gasteiger partial charge in [-0.15, -0.1) is 0 Å². The highest BCUT2D eigenvalue weighted by Gasteiger charge is 2.34. The average molecular weight is 386 g/mol. The Morgan fingerprint density at radius 3 is 2.97 bits per heavy atom. The number of hydrogen-bond donors (Lipinski definition) is 1. The fourth-order valence-electron chi connectivity index (χ4n) is 3.76. The van der Waals surface area contributed by atoms with Crippen molar-refractivity contribution in [3.63, 3.8) is 0 Å². The SMILES string of the molecule is C[C@H]1CN(c2ccc3ccoc3c2)C(=O)c2c(C(=O)Nc3cccnc3)ccn21. The number of rotatable bonds is 3. The number of fused-ring (bicyclic) bond motifs is 2. The first-order valence-corrected chi connectivity index (χ1v) is 9.33. The van der Waals surface area contributed by atoms with Crippen molar-refractivity contribution in [3.05, 3.63) is 78.6 Å². The van der Waals surface area contributed by atoms with E-state index in [1.54, 1.807) is 48.0 Å². The molecule has 0 unspecified atom stereocenters. The summed E-state index contributed by atoms with van der Waals surface area (Å²) in [7, 11) is 0. The van der Waals surface area contributed by atoms with Gasteiger partial charge in [0.2, 0.25) is 0 Å². The topological polar surface area (TPSA) is 80.4 Å². The van der Waals surface area contributed by atoms with Gasteiger partial charge in [-0.2, -0.15) is 0 Å². The van der Waals surface area contributed by atoms with Crippen molar-refractivity contribution >= 4 is 34.2 Å². The van der Waals surface area contributed by atoms with Crippen LogP contribution < -0.4 is 10.2 Å². The van der Waals surface area contributed by atoms with Crippen LogP contribution >= 0.6 is 0 Å². The van der Waals surface area contributed by atoms with Gasteiger partial charge in [-0.05, 0) is 43.3 Å². The van der Waals surface area contributed by atoms with Crippen molar-refractivity contribution in [2.24, 2.45) is 0 Å². The summed E-state index contributed by atoms with van der Waals surface area (Å²) < 4.78 is 7.34. The lowest BCUT2D eigenvalue weighted by atomic mass is 10.1. The summed E-state index contributed by atoms with van der Waals surface area (Å²) in [6.45, 7) is 2.54. The van der Waals surface area contributed by atoms with Crippen LogP contribution in [-0.4, -0.2) is 27.9 Å². The number of aromatic nitrogens is 2. The third-order valence-electron chi connectivity index (χ3n) is 5.20.